The number of nitrogens with one attached hydrogen (secondary N) is 2. The monoisotopic (exact) mass is 213 g/mol. The predicted molar refractivity (Wildman–Crippen MR) is 51.9 cm³/mol. The van der Waals surface area contributed by atoms with Gasteiger partial charge in [0.2, 0.25) is 11.0 Å². The van der Waals surface area contributed by atoms with E-state index in [0.717, 1.165) is 24.0 Å². The minimum atomic E-state index is -0.0933. The SMILES string of the molecule is O=C(CNCC1CC1)Nc1nnns1. The molecule has 0 radical (unpaired) electrons. The Morgan fingerprint density at radius 1 is 1.57 bits per heavy atom. The zero-order valence-electron chi connectivity index (χ0n) is 7.56. The smallest absolute Gasteiger partial charge is 0.240 e. The van der Waals surface area contributed by atoms with Gasteiger partial charge < -0.3 is 5.32 Å². The van der Waals surface area contributed by atoms with Crippen molar-refractivity contribution in [3.63, 3.8) is 0 Å². The molecule has 2 rings (SSSR count). The third-order valence-corrected chi connectivity index (χ3v) is 2.47. The Balaban J connectivity index is 1.62. The molecule has 0 aliphatic heterocycles. The maximum Gasteiger partial charge on any atom is 0.240 e. The van der Waals surface area contributed by atoms with Gasteiger partial charge >= 0.3 is 0 Å². The molecule has 76 valence electrons. The number of anilines is 1. The van der Waals surface area contributed by atoms with Crippen molar-refractivity contribution in [2.24, 2.45) is 5.92 Å². The fourth-order valence-electron chi connectivity index (χ4n) is 1.06. The molecule has 1 saturated carbocycles. The van der Waals surface area contributed by atoms with Gasteiger partial charge in [-0.05, 0) is 30.5 Å². The number of hydrogen-bond donors (Lipinski definition) is 2. The third-order valence-electron chi connectivity index (χ3n) is 1.96. The molecule has 6 nitrogen and oxygen atoms in total. The van der Waals surface area contributed by atoms with Crippen molar-refractivity contribution < 1.29 is 4.79 Å². The van der Waals surface area contributed by atoms with E-state index in [-0.39, 0.29) is 5.91 Å². The topological polar surface area (TPSA) is 79.8 Å². The lowest BCUT2D eigenvalue weighted by atomic mass is 10.4. The van der Waals surface area contributed by atoms with Crippen LogP contribution in [0.5, 0.6) is 0 Å². The van der Waals surface area contributed by atoms with Gasteiger partial charge in [0, 0.05) is 11.5 Å². The zero-order chi connectivity index (χ0) is 9.80. The average molecular weight is 213 g/mol. The van der Waals surface area contributed by atoms with E-state index in [4.69, 9.17) is 0 Å². The number of nitrogens with zero attached hydrogens (tertiary/aromatic N) is 3. The van der Waals surface area contributed by atoms with Crippen LogP contribution in [-0.2, 0) is 4.79 Å². The first-order valence-corrected chi connectivity index (χ1v) is 5.27. The first-order chi connectivity index (χ1) is 6.84. The highest BCUT2D eigenvalue weighted by molar-refractivity contribution is 7.09. The van der Waals surface area contributed by atoms with E-state index in [1.165, 1.54) is 12.8 Å². The van der Waals surface area contributed by atoms with Gasteiger partial charge in [-0.3, -0.25) is 10.1 Å². The van der Waals surface area contributed by atoms with Gasteiger partial charge in [-0.25, -0.2) is 0 Å². The highest BCUT2D eigenvalue weighted by Gasteiger charge is 2.20. The summed E-state index contributed by atoms with van der Waals surface area (Å²) in [6.07, 6.45) is 2.57. The van der Waals surface area contributed by atoms with E-state index < -0.39 is 0 Å². The molecule has 1 aromatic rings. The van der Waals surface area contributed by atoms with Crippen LogP contribution < -0.4 is 10.6 Å². The standard InChI is InChI=1S/C7H11N5OS/c13-6(4-8-3-5-1-2-5)9-7-10-11-12-14-7/h5,8H,1-4H2,(H,9,10,12,13). The van der Waals surface area contributed by atoms with Gasteiger partial charge in [-0.2, -0.15) is 0 Å². The first-order valence-electron chi connectivity index (χ1n) is 4.50. The van der Waals surface area contributed by atoms with E-state index in [2.05, 4.69) is 25.4 Å². The summed E-state index contributed by atoms with van der Waals surface area (Å²) >= 11 is 1.07. The number of carbonyl (C=O) groups excluding carboxylic acids is 1. The van der Waals surface area contributed by atoms with E-state index in [0.29, 0.717) is 11.7 Å². The Hall–Kier alpha value is -1.08. The lowest BCUT2D eigenvalue weighted by Crippen LogP contribution is -2.29. The van der Waals surface area contributed by atoms with Crippen molar-refractivity contribution in [2.45, 2.75) is 12.8 Å². The van der Waals surface area contributed by atoms with Crippen LogP contribution in [0.3, 0.4) is 0 Å². The van der Waals surface area contributed by atoms with Crippen LogP contribution in [0.15, 0.2) is 0 Å². The predicted octanol–water partition coefficient (Wildman–Crippen LogP) is -0.129. The van der Waals surface area contributed by atoms with Crippen molar-refractivity contribution in [3.05, 3.63) is 0 Å². The molecule has 1 amide bonds. The fourth-order valence-corrected chi connectivity index (χ4v) is 1.44. The van der Waals surface area contributed by atoms with Gasteiger partial charge in [0.05, 0.1) is 6.54 Å². The molecule has 1 heterocycles. The van der Waals surface area contributed by atoms with Gasteiger partial charge in [-0.1, -0.05) is 9.59 Å². The summed E-state index contributed by atoms with van der Waals surface area (Å²) in [7, 11) is 0. The molecule has 0 bridgehead atoms. The summed E-state index contributed by atoms with van der Waals surface area (Å²) in [5, 5.41) is 13.1. The lowest BCUT2D eigenvalue weighted by molar-refractivity contribution is -0.115. The van der Waals surface area contributed by atoms with E-state index >= 15 is 0 Å². The van der Waals surface area contributed by atoms with Crippen molar-refractivity contribution in [3.8, 4) is 0 Å². The van der Waals surface area contributed by atoms with Crippen LogP contribution in [0.1, 0.15) is 12.8 Å². The van der Waals surface area contributed by atoms with E-state index in [1.807, 2.05) is 0 Å². The van der Waals surface area contributed by atoms with Crippen LogP contribution in [0.4, 0.5) is 5.13 Å². The van der Waals surface area contributed by atoms with Crippen LogP contribution in [0.25, 0.3) is 0 Å². The number of rotatable bonds is 5. The number of amides is 1. The molecule has 14 heavy (non-hydrogen) atoms. The van der Waals surface area contributed by atoms with Crippen LogP contribution in [0.2, 0.25) is 0 Å². The van der Waals surface area contributed by atoms with Gasteiger partial charge in [-0.15, -0.1) is 0 Å². The molecule has 0 aromatic carbocycles. The van der Waals surface area contributed by atoms with E-state index in [1.54, 1.807) is 0 Å². The number of aromatic nitrogens is 3. The summed E-state index contributed by atoms with van der Waals surface area (Å²) in [5.41, 5.74) is 0. The normalized spacial score (nSPS) is 15.4. The molecule has 0 atom stereocenters. The molecule has 1 aliphatic rings. The van der Waals surface area contributed by atoms with Crippen molar-refractivity contribution in [1.29, 1.82) is 0 Å². The maximum absolute atomic E-state index is 11.2. The van der Waals surface area contributed by atoms with Crippen molar-refractivity contribution in [2.75, 3.05) is 18.4 Å². The average Bonchev–Trinajstić information content (AvgIpc) is 2.83. The Kier molecular flexibility index (Phi) is 3.00. The highest BCUT2D eigenvalue weighted by Crippen LogP contribution is 2.27. The van der Waals surface area contributed by atoms with E-state index in [9.17, 15) is 4.79 Å². The molecule has 0 spiro atoms. The molecule has 1 aliphatic carbocycles. The zero-order valence-corrected chi connectivity index (χ0v) is 8.38. The second-order valence-electron chi connectivity index (χ2n) is 3.29. The molecule has 0 saturated heterocycles. The molecule has 1 aromatic heterocycles. The first kappa shape index (κ1) is 9.47. The van der Waals surface area contributed by atoms with Crippen LogP contribution >= 0.6 is 11.5 Å². The number of carbonyl (C=O) groups is 1. The molecule has 0 unspecified atom stereocenters. The Morgan fingerprint density at radius 3 is 3.07 bits per heavy atom. The lowest BCUT2D eigenvalue weighted by Gasteiger charge is -2.01. The quantitative estimate of drug-likeness (QED) is 0.712. The molecule has 1 fully saturated rings. The highest BCUT2D eigenvalue weighted by atomic mass is 32.1. The van der Waals surface area contributed by atoms with Crippen LogP contribution in [-0.4, -0.2) is 33.8 Å². The van der Waals surface area contributed by atoms with Gasteiger partial charge in [0.1, 0.15) is 0 Å². The summed E-state index contributed by atoms with van der Waals surface area (Å²) < 4.78 is 3.54. The second-order valence-corrected chi connectivity index (χ2v) is 4.02. The largest absolute Gasteiger partial charge is 0.308 e. The maximum atomic E-state index is 11.2. The molecule has 2 N–H and O–H groups in total. The van der Waals surface area contributed by atoms with Crippen molar-refractivity contribution in [1.82, 2.24) is 20.1 Å². The Bertz CT molecular complexity index is 297. The van der Waals surface area contributed by atoms with Crippen molar-refractivity contribution >= 4 is 22.6 Å². The minimum Gasteiger partial charge on any atom is -0.308 e. The summed E-state index contributed by atoms with van der Waals surface area (Å²) in [4.78, 5) is 11.2. The summed E-state index contributed by atoms with van der Waals surface area (Å²) in [6.45, 7) is 1.26. The Morgan fingerprint density at radius 2 is 2.43 bits per heavy atom. The third kappa shape index (κ3) is 3.00. The van der Waals surface area contributed by atoms with Crippen LogP contribution in [0, 0.1) is 5.92 Å². The fraction of sp³-hybridized carbons (Fsp3) is 0.714. The molecule has 7 heteroatoms. The molecular formula is C7H11N5OS. The van der Waals surface area contributed by atoms with Gasteiger partial charge in [0.15, 0.2) is 0 Å². The second kappa shape index (κ2) is 4.43. The summed E-state index contributed by atoms with van der Waals surface area (Å²) in [6, 6.07) is 0. The van der Waals surface area contributed by atoms with Gasteiger partial charge in [0.25, 0.3) is 0 Å². The molecular weight excluding hydrogens is 202 g/mol. The summed E-state index contributed by atoms with van der Waals surface area (Å²) in [5.74, 6) is 0.690. The minimum absolute atomic E-state index is 0.0933. The Labute approximate surface area is 85.3 Å². The number of hydrogen-bond acceptors (Lipinski definition) is 6.